The molecule has 0 bridgehead atoms. The second-order valence-electron chi connectivity index (χ2n) is 4.90. The first-order chi connectivity index (χ1) is 11.0. The molecule has 1 unspecified atom stereocenters. The van der Waals surface area contributed by atoms with Crippen LogP contribution >= 0.6 is 0 Å². The van der Waals surface area contributed by atoms with Crippen molar-refractivity contribution >= 4 is 11.8 Å². The van der Waals surface area contributed by atoms with Gasteiger partial charge in [0.2, 0.25) is 5.91 Å². The Morgan fingerprint density at radius 3 is 2.65 bits per heavy atom. The van der Waals surface area contributed by atoms with Crippen molar-refractivity contribution in [2.45, 2.75) is 25.9 Å². The minimum absolute atomic E-state index is 0.0108. The summed E-state index contributed by atoms with van der Waals surface area (Å²) in [5.74, 6) is -1.14. The molecule has 0 saturated carbocycles. The maximum atomic E-state index is 12.1. The Morgan fingerprint density at radius 1 is 1.39 bits per heavy atom. The van der Waals surface area contributed by atoms with Gasteiger partial charge in [-0.05, 0) is 17.5 Å². The predicted octanol–water partition coefficient (Wildman–Crippen LogP) is 0.320. The second-order valence-corrected chi connectivity index (χ2v) is 4.90. The van der Waals surface area contributed by atoms with Crippen molar-refractivity contribution in [2.75, 3.05) is 0 Å². The van der Waals surface area contributed by atoms with Crippen LogP contribution in [0.2, 0.25) is 0 Å². The highest BCUT2D eigenvalue weighted by molar-refractivity contribution is 5.92. The monoisotopic (exact) mass is 312 g/mol. The van der Waals surface area contributed by atoms with Crippen molar-refractivity contribution in [3.8, 4) is 6.07 Å². The highest BCUT2D eigenvalue weighted by Gasteiger charge is 2.18. The van der Waals surface area contributed by atoms with Gasteiger partial charge in [0.1, 0.15) is 12.6 Å². The molecule has 2 rings (SSSR count). The van der Waals surface area contributed by atoms with Gasteiger partial charge in [-0.2, -0.15) is 5.26 Å². The molecule has 0 spiro atoms. The van der Waals surface area contributed by atoms with E-state index in [0.29, 0.717) is 5.56 Å². The van der Waals surface area contributed by atoms with Gasteiger partial charge in [0.05, 0.1) is 12.3 Å². The van der Waals surface area contributed by atoms with Gasteiger partial charge in [-0.15, -0.1) is 5.10 Å². The molecule has 8 heteroatoms. The maximum absolute atomic E-state index is 12.1. The fourth-order valence-electron chi connectivity index (χ4n) is 1.98. The minimum Gasteiger partial charge on any atom is -0.368 e. The largest absolute Gasteiger partial charge is 0.368 e. The number of hydrogen-bond acceptors (Lipinski definition) is 5. The molecule has 118 valence electrons. The molecule has 2 amide bonds. The normalized spacial score (nSPS) is 11.5. The van der Waals surface area contributed by atoms with Crippen LogP contribution in [0.25, 0.3) is 0 Å². The van der Waals surface area contributed by atoms with E-state index in [1.54, 1.807) is 12.1 Å². The number of benzene rings is 1. The summed E-state index contributed by atoms with van der Waals surface area (Å²) in [6.45, 7) is 1.87. The zero-order chi connectivity index (χ0) is 16.8. The molecule has 1 aromatic carbocycles. The number of primary amides is 1. The number of carbonyl (C=O) groups is 2. The summed E-state index contributed by atoms with van der Waals surface area (Å²) in [7, 11) is 0. The highest BCUT2D eigenvalue weighted by atomic mass is 16.2. The van der Waals surface area contributed by atoms with Gasteiger partial charge in [-0.25, -0.2) is 4.68 Å². The van der Waals surface area contributed by atoms with Gasteiger partial charge in [0.15, 0.2) is 5.69 Å². The number of amides is 2. The van der Waals surface area contributed by atoms with E-state index in [1.165, 1.54) is 6.20 Å². The van der Waals surface area contributed by atoms with Crippen LogP contribution in [-0.4, -0.2) is 26.8 Å². The molecule has 1 aromatic heterocycles. The van der Waals surface area contributed by atoms with Crippen LogP contribution in [0.3, 0.4) is 0 Å². The predicted molar refractivity (Wildman–Crippen MR) is 80.9 cm³/mol. The molecule has 0 aliphatic heterocycles. The maximum Gasteiger partial charge on any atom is 0.274 e. The third-order valence-corrected chi connectivity index (χ3v) is 3.21. The lowest BCUT2D eigenvalue weighted by Crippen LogP contribution is -2.28. The molecule has 0 radical (unpaired) electrons. The number of nitrogens with one attached hydrogen (secondary N) is 1. The van der Waals surface area contributed by atoms with Gasteiger partial charge in [-0.3, -0.25) is 9.59 Å². The van der Waals surface area contributed by atoms with E-state index in [2.05, 4.69) is 15.6 Å². The van der Waals surface area contributed by atoms with Gasteiger partial charge < -0.3 is 11.1 Å². The molecule has 8 nitrogen and oxygen atoms in total. The average Bonchev–Trinajstić information content (AvgIpc) is 3.00. The van der Waals surface area contributed by atoms with Crippen LogP contribution < -0.4 is 11.1 Å². The Morgan fingerprint density at radius 2 is 2.09 bits per heavy atom. The van der Waals surface area contributed by atoms with Crippen LogP contribution in [0.1, 0.15) is 34.6 Å². The van der Waals surface area contributed by atoms with Crippen LogP contribution in [-0.2, 0) is 17.8 Å². The van der Waals surface area contributed by atoms with Gasteiger partial charge >= 0.3 is 0 Å². The van der Waals surface area contributed by atoms with Gasteiger partial charge in [-0.1, -0.05) is 36.4 Å². The molecule has 1 heterocycles. The van der Waals surface area contributed by atoms with E-state index in [4.69, 9.17) is 5.73 Å². The Bertz CT molecular complexity index is 744. The molecular formula is C15H16N6O2. The molecule has 0 aliphatic carbocycles. The number of nitriles is 1. The van der Waals surface area contributed by atoms with Crippen molar-refractivity contribution < 1.29 is 9.59 Å². The minimum atomic E-state index is -0.797. The second kappa shape index (κ2) is 7.17. The van der Waals surface area contributed by atoms with E-state index >= 15 is 0 Å². The number of carbonyl (C=O) groups excluding carboxylic acids is 2. The van der Waals surface area contributed by atoms with Crippen molar-refractivity contribution in [1.82, 2.24) is 20.3 Å². The average molecular weight is 312 g/mol. The number of nitrogens with two attached hydrogens (primary N) is 1. The quantitative estimate of drug-likeness (QED) is 0.794. The summed E-state index contributed by atoms with van der Waals surface area (Å²) < 4.78 is 1.16. The molecule has 1 atom stereocenters. The summed E-state index contributed by atoms with van der Waals surface area (Å²) in [5.41, 5.74) is 6.88. The van der Waals surface area contributed by atoms with E-state index in [0.717, 1.165) is 16.7 Å². The number of hydrogen-bond donors (Lipinski definition) is 2. The smallest absolute Gasteiger partial charge is 0.274 e. The van der Waals surface area contributed by atoms with E-state index < -0.39 is 17.9 Å². The Balaban J connectivity index is 2.08. The molecule has 0 aliphatic rings. The van der Waals surface area contributed by atoms with Crippen LogP contribution in [0, 0.1) is 11.3 Å². The van der Waals surface area contributed by atoms with Crippen molar-refractivity contribution in [1.29, 1.82) is 5.26 Å². The summed E-state index contributed by atoms with van der Waals surface area (Å²) in [6.07, 6.45) is 2.20. The molecular weight excluding hydrogens is 296 g/mol. The summed E-state index contributed by atoms with van der Waals surface area (Å²) in [5, 5.41) is 19.1. The lowest BCUT2D eigenvalue weighted by atomic mass is 10.0. The van der Waals surface area contributed by atoms with Crippen LogP contribution in [0.5, 0.6) is 0 Å². The molecule has 0 saturated heterocycles. The van der Waals surface area contributed by atoms with Crippen molar-refractivity contribution in [3.05, 3.63) is 47.3 Å². The fourth-order valence-corrected chi connectivity index (χ4v) is 1.98. The van der Waals surface area contributed by atoms with Gasteiger partial charge in [0.25, 0.3) is 5.91 Å². The SMILES string of the molecule is CCc1ccc(C(C#N)NC(=O)c2cn(CC(N)=O)nn2)cc1. The highest BCUT2D eigenvalue weighted by Crippen LogP contribution is 2.14. The molecule has 3 N–H and O–H groups in total. The third-order valence-electron chi connectivity index (χ3n) is 3.21. The molecule has 0 fully saturated rings. The Labute approximate surface area is 132 Å². The fraction of sp³-hybridized carbons (Fsp3) is 0.267. The number of aromatic nitrogens is 3. The Kier molecular flexibility index (Phi) is 5.04. The standard InChI is InChI=1S/C15H16N6O2/c1-2-10-3-5-11(6-4-10)12(7-16)18-15(23)13-8-21(20-19-13)9-14(17)22/h3-6,8,12H,2,9H2,1H3,(H2,17,22)(H,18,23). The van der Waals surface area contributed by atoms with E-state index in [9.17, 15) is 14.9 Å². The van der Waals surface area contributed by atoms with Crippen LogP contribution in [0.15, 0.2) is 30.5 Å². The zero-order valence-corrected chi connectivity index (χ0v) is 12.6. The van der Waals surface area contributed by atoms with E-state index in [-0.39, 0.29) is 12.2 Å². The molecule has 23 heavy (non-hydrogen) atoms. The summed E-state index contributed by atoms with van der Waals surface area (Å²) in [4.78, 5) is 22.9. The number of nitrogens with zero attached hydrogens (tertiary/aromatic N) is 4. The lowest BCUT2D eigenvalue weighted by Gasteiger charge is -2.11. The third kappa shape index (κ3) is 4.14. The topological polar surface area (TPSA) is 127 Å². The summed E-state index contributed by atoms with van der Waals surface area (Å²) in [6, 6.07) is 8.67. The van der Waals surface area contributed by atoms with E-state index in [1.807, 2.05) is 25.1 Å². The lowest BCUT2D eigenvalue weighted by molar-refractivity contribution is -0.118. The first-order valence-electron chi connectivity index (χ1n) is 7.01. The van der Waals surface area contributed by atoms with Crippen molar-refractivity contribution in [2.24, 2.45) is 5.73 Å². The van der Waals surface area contributed by atoms with Crippen molar-refractivity contribution in [3.63, 3.8) is 0 Å². The van der Waals surface area contributed by atoms with Gasteiger partial charge in [0, 0.05) is 0 Å². The number of rotatable bonds is 6. The van der Waals surface area contributed by atoms with Crippen LogP contribution in [0.4, 0.5) is 0 Å². The first kappa shape index (κ1) is 16.2. The zero-order valence-electron chi connectivity index (χ0n) is 12.6. The number of aryl methyl sites for hydroxylation is 1. The molecule has 2 aromatic rings. The summed E-state index contributed by atoms with van der Waals surface area (Å²) >= 11 is 0. The first-order valence-corrected chi connectivity index (χ1v) is 7.01. The Hall–Kier alpha value is -3.21.